The molecular weight excluding hydrogens is 212 g/mol. The molecular formula is C15H14O2. The van der Waals surface area contributed by atoms with Crippen molar-refractivity contribution in [3.8, 4) is 5.75 Å². The number of fused-ring (bicyclic) bond motifs is 1. The molecule has 2 heteroatoms. The van der Waals surface area contributed by atoms with Gasteiger partial charge < -0.3 is 9.84 Å². The topological polar surface area (TPSA) is 29.5 Å². The second kappa shape index (κ2) is 4.22. The van der Waals surface area contributed by atoms with E-state index in [-0.39, 0.29) is 18.6 Å². The zero-order valence-electron chi connectivity index (χ0n) is 9.41. The summed E-state index contributed by atoms with van der Waals surface area (Å²) >= 11 is 0. The van der Waals surface area contributed by atoms with Gasteiger partial charge in [0.05, 0.1) is 12.5 Å². The Morgan fingerprint density at radius 3 is 2.41 bits per heavy atom. The predicted octanol–water partition coefficient (Wildman–Crippen LogP) is 2.90. The summed E-state index contributed by atoms with van der Waals surface area (Å²) in [6, 6.07) is 18.0. The van der Waals surface area contributed by atoms with E-state index in [9.17, 15) is 5.11 Å². The molecule has 1 heterocycles. The lowest BCUT2D eigenvalue weighted by Gasteiger charge is -2.17. The third-order valence-corrected chi connectivity index (χ3v) is 3.26. The SMILES string of the molecule is OC[C@H]1c2ccccc2O[C@@H]1c1ccccc1. The standard InChI is InChI=1S/C15H14O2/c16-10-13-12-8-4-5-9-14(12)17-15(13)11-6-2-1-3-7-11/h1-9,13,15-16H,10H2/t13-,15+/m0/s1. The Morgan fingerprint density at radius 1 is 0.941 bits per heavy atom. The van der Waals surface area contributed by atoms with Gasteiger partial charge in [-0.1, -0.05) is 48.5 Å². The second-order valence-corrected chi connectivity index (χ2v) is 4.28. The molecule has 2 aromatic rings. The van der Waals surface area contributed by atoms with Crippen molar-refractivity contribution in [1.82, 2.24) is 0 Å². The molecule has 0 fully saturated rings. The fourth-order valence-electron chi connectivity index (χ4n) is 2.41. The third kappa shape index (κ3) is 1.71. The Bertz CT molecular complexity index is 507. The van der Waals surface area contributed by atoms with Crippen LogP contribution in [-0.4, -0.2) is 11.7 Å². The molecule has 17 heavy (non-hydrogen) atoms. The molecule has 0 bridgehead atoms. The lowest BCUT2D eigenvalue weighted by Crippen LogP contribution is -2.13. The van der Waals surface area contributed by atoms with Crippen molar-refractivity contribution in [2.45, 2.75) is 12.0 Å². The van der Waals surface area contributed by atoms with Crippen LogP contribution < -0.4 is 4.74 Å². The first kappa shape index (κ1) is 10.4. The highest BCUT2D eigenvalue weighted by Crippen LogP contribution is 2.45. The molecule has 0 radical (unpaired) electrons. The Kier molecular flexibility index (Phi) is 2.57. The number of aliphatic hydroxyl groups excluding tert-OH is 1. The van der Waals surface area contributed by atoms with Crippen molar-refractivity contribution in [2.75, 3.05) is 6.61 Å². The number of hydrogen-bond donors (Lipinski definition) is 1. The van der Waals surface area contributed by atoms with Crippen molar-refractivity contribution in [1.29, 1.82) is 0 Å². The maximum absolute atomic E-state index is 9.56. The number of aliphatic hydroxyl groups is 1. The van der Waals surface area contributed by atoms with E-state index >= 15 is 0 Å². The molecule has 1 aliphatic heterocycles. The Hall–Kier alpha value is -1.80. The first-order valence-electron chi connectivity index (χ1n) is 5.81. The van der Waals surface area contributed by atoms with Crippen molar-refractivity contribution in [2.24, 2.45) is 0 Å². The summed E-state index contributed by atoms with van der Waals surface area (Å²) in [5, 5.41) is 9.56. The molecule has 3 rings (SSSR count). The molecule has 1 N–H and O–H groups in total. The summed E-state index contributed by atoms with van der Waals surface area (Å²) in [6.07, 6.45) is -0.0707. The van der Waals surface area contributed by atoms with Gasteiger partial charge in [-0.3, -0.25) is 0 Å². The lowest BCUT2D eigenvalue weighted by atomic mass is 9.92. The Morgan fingerprint density at radius 2 is 1.65 bits per heavy atom. The van der Waals surface area contributed by atoms with Gasteiger partial charge in [0.25, 0.3) is 0 Å². The van der Waals surface area contributed by atoms with Crippen LogP contribution in [0.3, 0.4) is 0 Å². The van der Waals surface area contributed by atoms with Crippen LogP contribution in [0.25, 0.3) is 0 Å². The van der Waals surface area contributed by atoms with Crippen molar-refractivity contribution in [3.63, 3.8) is 0 Å². The smallest absolute Gasteiger partial charge is 0.133 e. The summed E-state index contributed by atoms with van der Waals surface area (Å²) in [6.45, 7) is 0.108. The lowest BCUT2D eigenvalue weighted by molar-refractivity contribution is 0.160. The van der Waals surface area contributed by atoms with Crippen LogP contribution >= 0.6 is 0 Å². The van der Waals surface area contributed by atoms with E-state index in [1.54, 1.807) is 0 Å². The normalized spacial score (nSPS) is 21.9. The van der Waals surface area contributed by atoms with E-state index in [0.29, 0.717) is 0 Å². The van der Waals surface area contributed by atoms with Crippen LogP contribution in [0.5, 0.6) is 5.75 Å². The van der Waals surface area contributed by atoms with Gasteiger partial charge in [0.15, 0.2) is 0 Å². The van der Waals surface area contributed by atoms with Gasteiger partial charge in [-0.05, 0) is 11.6 Å². The quantitative estimate of drug-likeness (QED) is 0.853. The van der Waals surface area contributed by atoms with Crippen LogP contribution in [0.1, 0.15) is 23.1 Å². The molecule has 0 spiro atoms. The van der Waals surface area contributed by atoms with E-state index in [4.69, 9.17) is 4.74 Å². The van der Waals surface area contributed by atoms with Crippen LogP contribution in [-0.2, 0) is 0 Å². The zero-order chi connectivity index (χ0) is 11.7. The van der Waals surface area contributed by atoms with E-state index in [1.807, 2.05) is 54.6 Å². The monoisotopic (exact) mass is 226 g/mol. The van der Waals surface area contributed by atoms with Crippen molar-refractivity contribution >= 4 is 0 Å². The highest BCUT2D eigenvalue weighted by molar-refractivity contribution is 5.43. The molecule has 2 atom stereocenters. The first-order chi connectivity index (χ1) is 8.40. The molecule has 2 nitrogen and oxygen atoms in total. The maximum Gasteiger partial charge on any atom is 0.133 e. The Balaban J connectivity index is 2.00. The Labute approximate surface area is 100 Å². The predicted molar refractivity (Wildman–Crippen MR) is 66.1 cm³/mol. The molecule has 0 saturated heterocycles. The van der Waals surface area contributed by atoms with E-state index in [2.05, 4.69) is 0 Å². The third-order valence-electron chi connectivity index (χ3n) is 3.26. The number of ether oxygens (including phenoxy) is 1. The number of benzene rings is 2. The van der Waals surface area contributed by atoms with Gasteiger partial charge in [0, 0.05) is 5.56 Å². The zero-order valence-corrected chi connectivity index (χ0v) is 9.41. The first-order valence-corrected chi connectivity index (χ1v) is 5.81. The second-order valence-electron chi connectivity index (χ2n) is 4.28. The minimum absolute atomic E-state index is 0.0357. The fourth-order valence-corrected chi connectivity index (χ4v) is 2.41. The molecule has 0 aromatic heterocycles. The average Bonchev–Trinajstić information content (AvgIpc) is 2.78. The van der Waals surface area contributed by atoms with Gasteiger partial charge >= 0.3 is 0 Å². The van der Waals surface area contributed by atoms with Crippen molar-refractivity contribution < 1.29 is 9.84 Å². The fraction of sp³-hybridized carbons (Fsp3) is 0.200. The minimum Gasteiger partial charge on any atom is -0.485 e. The molecule has 0 amide bonds. The van der Waals surface area contributed by atoms with Gasteiger partial charge in [-0.25, -0.2) is 0 Å². The summed E-state index contributed by atoms with van der Waals surface area (Å²) in [5.41, 5.74) is 2.21. The summed E-state index contributed by atoms with van der Waals surface area (Å²) in [4.78, 5) is 0. The van der Waals surface area contributed by atoms with E-state index < -0.39 is 0 Å². The van der Waals surface area contributed by atoms with Gasteiger partial charge in [0.1, 0.15) is 11.9 Å². The summed E-state index contributed by atoms with van der Waals surface area (Å²) in [7, 11) is 0. The largest absolute Gasteiger partial charge is 0.485 e. The summed E-state index contributed by atoms with van der Waals surface area (Å²) < 4.78 is 5.94. The van der Waals surface area contributed by atoms with Gasteiger partial charge in [-0.2, -0.15) is 0 Å². The summed E-state index contributed by atoms with van der Waals surface area (Å²) in [5.74, 6) is 0.925. The van der Waals surface area contributed by atoms with Crippen LogP contribution in [0.2, 0.25) is 0 Å². The number of rotatable bonds is 2. The minimum atomic E-state index is -0.0707. The van der Waals surface area contributed by atoms with Gasteiger partial charge in [0.2, 0.25) is 0 Å². The van der Waals surface area contributed by atoms with E-state index in [1.165, 1.54) is 0 Å². The number of hydrogen-bond acceptors (Lipinski definition) is 2. The molecule has 1 aliphatic rings. The van der Waals surface area contributed by atoms with Crippen LogP contribution in [0, 0.1) is 0 Å². The molecule has 86 valence electrons. The van der Waals surface area contributed by atoms with E-state index in [0.717, 1.165) is 16.9 Å². The van der Waals surface area contributed by atoms with Crippen LogP contribution in [0.15, 0.2) is 54.6 Å². The highest BCUT2D eigenvalue weighted by Gasteiger charge is 2.34. The molecule has 0 unspecified atom stereocenters. The van der Waals surface area contributed by atoms with Crippen LogP contribution in [0.4, 0.5) is 0 Å². The molecule has 0 saturated carbocycles. The van der Waals surface area contributed by atoms with Crippen molar-refractivity contribution in [3.05, 3.63) is 65.7 Å². The average molecular weight is 226 g/mol. The highest BCUT2D eigenvalue weighted by atomic mass is 16.5. The van der Waals surface area contributed by atoms with Gasteiger partial charge in [-0.15, -0.1) is 0 Å². The molecule has 2 aromatic carbocycles. The maximum atomic E-state index is 9.56. The molecule has 0 aliphatic carbocycles. The number of para-hydroxylation sites is 1.